The topological polar surface area (TPSA) is 88.1 Å². The molecule has 0 bridgehead atoms. The van der Waals surface area contributed by atoms with Crippen LogP contribution in [0.1, 0.15) is 12.5 Å². The highest BCUT2D eigenvalue weighted by molar-refractivity contribution is 7.92. The van der Waals surface area contributed by atoms with Crippen LogP contribution in [0.15, 0.2) is 76.7 Å². The van der Waals surface area contributed by atoms with Crippen molar-refractivity contribution in [3.05, 3.63) is 87.4 Å². The summed E-state index contributed by atoms with van der Waals surface area (Å²) in [5, 5.41) is 5.07. The lowest BCUT2D eigenvalue weighted by atomic mass is 10.1. The Morgan fingerprint density at radius 1 is 1.00 bits per heavy atom. The third kappa shape index (κ3) is 6.01. The van der Waals surface area contributed by atoms with Crippen molar-refractivity contribution in [2.75, 3.05) is 18.0 Å². The average molecular weight is 541 g/mol. The smallest absolute Gasteiger partial charge is 0.264 e. The fourth-order valence-electron chi connectivity index (χ4n) is 2.98. The van der Waals surface area contributed by atoms with Crippen LogP contribution in [0, 0.1) is 0 Å². The molecule has 11 heteroatoms. The first kappa shape index (κ1) is 25.8. The minimum absolute atomic E-state index is 0.000293. The molecule has 0 radical (unpaired) electrons. The summed E-state index contributed by atoms with van der Waals surface area (Å²) < 4.78 is 33.2. The maximum atomic E-state index is 13.5. The normalized spacial score (nSPS) is 11.7. The van der Waals surface area contributed by atoms with Gasteiger partial charge in [0.15, 0.2) is 0 Å². The van der Waals surface area contributed by atoms with Crippen LogP contribution in [0.2, 0.25) is 15.1 Å². The van der Waals surface area contributed by atoms with Crippen LogP contribution in [-0.4, -0.2) is 33.7 Å². The second-order valence-corrected chi connectivity index (χ2v) is 10.1. The molecule has 3 aromatic rings. The van der Waals surface area contributed by atoms with Gasteiger partial charge in [-0.05, 0) is 55.0 Å². The summed E-state index contributed by atoms with van der Waals surface area (Å²) in [6, 6.07) is 17.1. The quantitative estimate of drug-likeness (QED) is 0.306. The van der Waals surface area contributed by atoms with Gasteiger partial charge in [0.2, 0.25) is 0 Å². The molecule has 0 aromatic heterocycles. The Morgan fingerprint density at radius 2 is 1.71 bits per heavy atom. The van der Waals surface area contributed by atoms with E-state index >= 15 is 0 Å². The highest BCUT2D eigenvalue weighted by Crippen LogP contribution is 2.34. The summed E-state index contributed by atoms with van der Waals surface area (Å²) in [7, 11) is -2.75. The van der Waals surface area contributed by atoms with Gasteiger partial charge in [-0.1, -0.05) is 59.1 Å². The summed E-state index contributed by atoms with van der Waals surface area (Å²) in [6.07, 6.45) is 0. The number of anilines is 1. The van der Waals surface area contributed by atoms with Gasteiger partial charge >= 0.3 is 0 Å². The van der Waals surface area contributed by atoms with Gasteiger partial charge in [0.25, 0.3) is 15.9 Å². The van der Waals surface area contributed by atoms with Crippen LogP contribution in [0.3, 0.4) is 0 Å². The Hall–Kier alpha value is -2.78. The molecule has 7 nitrogen and oxygen atoms in total. The molecule has 34 heavy (non-hydrogen) atoms. The molecular formula is C23H20Cl3N3O4S. The Kier molecular flexibility index (Phi) is 8.43. The Labute approximate surface area is 212 Å². The number of methoxy groups -OCH3 is 1. The molecule has 0 unspecified atom stereocenters. The number of hydrogen-bond donors (Lipinski definition) is 1. The zero-order chi connectivity index (χ0) is 24.9. The minimum atomic E-state index is -4.15. The zero-order valence-electron chi connectivity index (χ0n) is 18.1. The van der Waals surface area contributed by atoms with Crippen LogP contribution in [0.4, 0.5) is 5.69 Å². The van der Waals surface area contributed by atoms with E-state index in [2.05, 4.69) is 10.5 Å². The predicted octanol–water partition coefficient (Wildman–Crippen LogP) is 5.39. The second-order valence-electron chi connectivity index (χ2n) is 7.00. The summed E-state index contributed by atoms with van der Waals surface area (Å²) in [5.41, 5.74) is 3.58. The maximum Gasteiger partial charge on any atom is 0.264 e. The third-order valence-corrected chi connectivity index (χ3v) is 7.46. The van der Waals surface area contributed by atoms with Crippen molar-refractivity contribution in [3.8, 4) is 5.75 Å². The molecule has 0 aliphatic carbocycles. The van der Waals surface area contributed by atoms with Gasteiger partial charge in [-0.15, -0.1) is 0 Å². The minimum Gasteiger partial charge on any atom is -0.495 e. The predicted molar refractivity (Wildman–Crippen MR) is 136 cm³/mol. The Morgan fingerprint density at radius 3 is 2.35 bits per heavy atom. The van der Waals surface area contributed by atoms with Crippen molar-refractivity contribution in [2.24, 2.45) is 5.10 Å². The Bertz CT molecular complexity index is 1330. The van der Waals surface area contributed by atoms with Crippen molar-refractivity contribution in [2.45, 2.75) is 11.8 Å². The number of halogens is 3. The van der Waals surface area contributed by atoms with Crippen molar-refractivity contribution in [1.82, 2.24) is 5.43 Å². The standard InChI is InChI=1S/C23H20Cl3N3O4S/c1-15(16-8-10-19(25)20(26)12-16)27-28-23(30)14-29(21-13-17(24)9-11-22(21)33-2)34(31,32)18-6-4-3-5-7-18/h3-13H,14H2,1-2H3,(H,28,30)/b27-15+. The molecule has 0 heterocycles. The van der Waals surface area contributed by atoms with E-state index in [4.69, 9.17) is 39.5 Å². The lowest BCUT2D eigenvalue weighted by molar-refractivity contribution is -0.119. The summed E-state index contributed by atoms with van der Waals surface area (Å²) in [5.74, 6) is -0.451. The largest absolute Gasteiger partial charge is 0.495 e. The summed E-state index contributed by atoms with van der Waals surface area (Å²) >= 11 is 18.1. The number of nitrogens with zero attached hydrogens (tertiary/aromatic N) is 2. The van der Waals surface area contributed by atoms with E-state index in [0.29, 0.717) is 21.3 Å². The van der Waals surface area contributed by atoms with E-state index in [9.17, 15) is 13.2 Å². The number of nitrogens with one attached hydrogen (secondary N) is 1. The molecule has 3 aromatic carbocycles. The van der Waals surface area contributed by atoms with Crippen molar-refractivity contribution in [1.29, 1.82) is 0 Å². The zero-order valence-corrected chi connectivity index (χ0v) is 21.2. The van der Waals surface area contributed by atoms with Crippen LogP contribution in [0.5, 0.6) is 5.75 Å². The molecule has 0 fully saturated rings. The van der Waals surface area contributed by atoms with Gasteiger partial charge in [-0.2, -0.15) is 5.10 Å². The number of amides is 1. The monoisotopic (exact) mass is 539 g/mol. The molecule has 0 aliphatic rings. The molecule has 0 aliphatic heterocycles. The maximum absolute atomic E-state index is 13.5. The molecular weight excluding hydrogens is 521 g/mol. The van der Waals surface area contributed by atoms with E-state index in [1.165, 1.54) is 31.4 Å². The van der Waals surface area contributed by atoms with Gasteiger partial charge in [0, 0.05) is 5.02 Å². The van der Waals surface area contributed by atoms with Crippen molar-refractivity contribution in [3.63, 3.8) is 0 Å². The van der Waals surface area contributed by atoms with Gasteiger partial charge in [0.1, 0.15) is 12.3 Å². The summed E-state index contributed by atoms with van der Waals surface area (Å²) in [4.78, 5) is 12.8. The van der Waals surface area contributed by atoms with Crippen LogP contribution in [-0.2, 0) is 14.8 Å². The number of hydrogen-bond acceptors (Lipinski definition) is 5. The van der Waals surface area contributed by atoms with Gasteiger partial charge < -0.3 is 4.74 Å². The van der Waals surface area contributed by atoms with Crippen molar-refractivity contribution >= 4 is 62.1 Å². The van der Waals surface area contributed by atoms with Gasteiger partial charge in [0.05, 0.1) is 33.4 Å². The van der Waals surface area contributed by atoms with E-state index in [1.54, 1.807) is 49.4 Å². The molecule has 0 saturated heterocycles. The van der Waals surface area contributed by atoms with Crippen molar-refractivity contribution < 1.29 is 17.9 Å². The van der Waals surface area contributed by atoms with E-state index in [0.717, 1.165) is 4.31 Å². The van der Waals surface area contributed by atoms with Crippen LogP contribution in [0.25, 0.3) is 0 Å². The van der Waals surface area contributed by atoms with E-state index in [1.807, 2.05) is 0 Å². The molecule has 0 spiro atoms. The highest BCUT2D eigenvalue weighted by Gasteiger charge is 2.29. The summed E-state index contributed by atoms with van der Waals surface area (Å²) in [6.45, 7) is 1.09. The first-order chi connectivity index (χ1) is 16.1. The highest BCUT2D eigenvalue weighted by atomic mass is 35.5. The van der Waals surface area contributed by atoms with Gasteiger partial charge in [-0.3, -0.25) is 9.10 Å². The van der Waals surface area contributed by atoms with Gasteiger partial charge in [-0.25, -0.2) is 13.8 Å². The van der Waals surface area contributed by atoms with Crippen LogP contribution < -0.4 is 14.5 Å². The molecule has 3 rings (SSSR count). The lowest BCUT2D eigenvalue weighted by Gasteiger charge is -2.25. The molecule has 1 amide bonds. The number of rotatable bonds is 8. The van der Waals surface area contributed by atoms with E-state index < -0.39 is 22.5 Å². The first-order valence-corrected chi connectivity index (χ1v) is 12.4. The first-order valence-electron chi connectivity index (χ1n) is 9.83. The number of carbonyl (C=O) groups excluding carboxylic acids is 1. The number of hydrazone groups is 1. The third-order valence-electron chi connectivity index (χ3n) is 4.71. The fraction of sp³-hybridized carbons (Fsp3) is 0.130. The number of carbonyl (C=O) groups is 1. The average Bonchev–Trinajstić information content (AvgIpc) is 2.83. The number of ether oxygens (including phenoxy) is 1. The van der Waals surface area contributed by atoms with E-state index in [-0.39, 0.29) is 21.4 Å². The fourth-order valence-corrected chi connectivity index (χ4v) is 4.88. The van der Waals surface area contributed by atoms with Crippen LogP contribution >= 0.6 is 34.8 Å². The SMILES string of the molecule is COc1ccc(Cl)cc1N(CC(=O)N/N=C(\C)c1ccc(Cl)c(Cl)c1)S(=O)(=O)c1ccccc1. The second kappa shape index (κ2) is 11.1. The number of benzene rings is 3. The molecule has 0 atom stereocenters. The molecule has 1 N–H and O–H groups in total. The lowest BCUT2D eigenvalue weighted by Crippen LogP contribution is -2.40. The number of sulfonamides is 1. The molecule has 178 valence electrons. The molecule has 0 saturated carbocycles. The Balaban J connectivity index is 1.94.